The minimum Gasteiger partial charge on any atom is -0.813 e. The van der Waals surface area contributed by atoms with E-state index in [0.717, 1.165) is 13.1 Å². The van der Waals surface area contributed by atoms with Crippen LogP contribution in [0.1, 0.15) is 6.42 Å². The van der Waals surface area contributed by atoms with Crippen LogP contribution in [0.25, 0.3) is 0 Å². The van der Waals surface area contributed by atoms with E-state index in [-0.39, 0.29) is 43.1 Å². The first-order valence-electron chi connectivity index (χ1n) is 2.06. The summed E-state index contributed by atoms with van der Waals surface area (Å²) in [5.41, 5.74) is 2.62. The number of nitrogens with zero attached hydrogens (tertiary/aromatic N) is 1. The van der Waals surface area contributed by atoms with Crippen LogP contribution in [0.4, 0.5) is 0 Å². The maximum atomic E-state index is 4.50. The van der Waals surface area contributed by atoms with Crippen LogP contribution in [0.2, 0.25) is 0 Å². The maximum Gasteiger partial charge on any atom is 1.00 e. The molecule has 0 atom stereocenters. The number of rotatable bonds is 1. The Balaban J connectivity index is 0. The van der Waals surface area contributed by atoms with Crippen molar-refractivity contribution < 1.29 is 29.6 Å². The molecule has 1 nitrogen and oxygen atoms in total. The number of thiocarbonyl (C=S) groups is 1. The SMILES string of the molecule is S=[C-]N1CCC1.[Na+].[SH-]. The molecule has 1 heterocycles. The summed E-state index contributed by atoms with van der Waals surface area (Å²) >= 11 is 4.50. The van der Waals surface area contributed by atoms with Gasteiger partial charge in [-0.1, -0.05) is 0 Å². The van der Waals surface area contributed by atoms with Crippen molar-refractivity contribution in [2.75, 3.05) is 13.1 Å². The van der Waals surface area contributed by atoms with Crippen molar-refractivity contribution in [2.45, 2.75) is 6.42 Å². The molecule has 0 aromatic carbocycles. The molecule has 0 aliphatic carbocycles. The Bertz CT molecular complexity index is 65.1. The predicted octanol–water partition coefficient (Wildman–Crippen LogP) is -2.74. The fourth-order valence-electron chi connectivity index (χ4n) is 0.408. The zero-order chi connectivity index (χ0) is 4.41. The van der Waals surface area contributed by atoms with Gasteiger partial charge in [-0.05, 0) is 19.5 Å². The van der Waals surface area contributed by atoms with Crippen LogP contribution in [0, 0.1) is 0 Å². The molecule has 0 unspecified atom stereocenters. The topological polar surface area (TPSA) is 3.24 Å². The maximum absolute atomic E-state index is 4.50. The summed E-state index contributed by atoms with van der Waals surface area (Å²) in [5, 5.41) is 0. The monoisotopic (exact) mass is 156 g/mol. The predicted molar refractivity (Wildman–Crippen MR) is 37.5 cm³/mol. The van der Waals surface area contributed by atoms with Gasteiger partial charge < -0.3 is 36.1 Å². The van der Waals surface area contributed by atoms with Gasteiger partial charge in [-0.3, -0.25) is 0 Å². The first kappa shape index (κ1) is 12.0. The van der Waals surface area contributed by atoms with E-state index in [0.29, 0.717) is 0 Å². The van der Waals surface area contributed by atoms with Crippen molar-refractivity contribution in [3.05, 3.63) is 0 Å². The quantitative estimate of drug-likeness (QED) is 0.133. The molecular formula is C4H7NNaS2-. The van der Waals surface area contributed by atoms with E-state index in [1.54, 1.807) is 0 Å². The summed E-state index contributed by atoms with van der Waals surface area (Å²) in [5.74, 6) is 0. The molecule has 0 N–H and O–H groups in total. The number of hydrogen-bond acceptors (Lipinski definition) is 2. The van der Waals surface area contributed by atoms with Gasteiger partial charge in [0, 0.05) is 0 Å². The van der Waals surface area contributed by atoms with Gasteiger partial charge in [0.15, 0.2) is 0 Å². The first-order chi connectivity index (χ1) is 2.93. The van der Waals surface area contributed by atoms with E-state index in [4.69, 9.17) is 0 Å². The average Bonchev–Trinajstić information content (AvgIpc) is 1.31. The third kappa shape index (κ3) is 3.30. The zero-order valence-corrected chi connectivity index (χ0v) is 8.63. The minimum absolute atomic E-state index is 0. The van der Waals surface area contributed by atoms with E-state index in [9.17, 15) is 0 Å². The largest absolute Gasteiger partial charge is 1.00 e. The summed E-state index contributed by atoms with van der Waals surface area (Å²) in [7, 11) is 0. The summed E-state index contributed by atoms with van der Waals surface area (Å²) < 4.78 is 0. The number of thiol groups is 1. The molecule has 1 aliphatic rings. The van der Waals surface area contributed by atoms with E-state index < -0.39 is 0 Å². The molecular weight excluding hydrogens is 149 g/mol. The smallest absolute Gasteiger partial charge is 0.813 e. The van der Waals surface area contributed by atoms with Gasteiger partial charge in [-0.15, -0.1) is 0 Å². The molecule has 1 aliphatic heterocycles. The number of likely N-dealkylation sites (tertiary alicyclic amines) is 1. The molecule has 1 fully saturated rings. The molecule has 42 valence electrons. The van der Waals surface area contributed by atoms with E-state index >= 15 is 0 Å². The second-order valence-electron chi connectivity index (χ2n) is 1.43. The van der Waals surface area contributed by atoms with Gasteiger partial charge in [0.1, 0.15) is 0 Å². The summed E-state index contributed by atoms with van der Waals surface area (Å²) in [4.78, 5) is 2.00. The van der Waals surface area contributed by atoms with Gasteiger partial charge in [-0.2, -0.15) is 0 Å². The van der Waals surface area contributed by atoms with Gasteiger partial charge >= 0.3 is 29.6 Å². The van der Waals surface area contributed by atoms with Crippen LogP contribution in [-0.2, 0) is 13.5 Å². The van der Waals surface area contributed by atoms with Crippen molar-refractivity contribution in [2.24, 2.45) is 0 Å². The normalized spacial score (nSPS) is 14.8. The summed E-state index contributed by atoms with van der Waals surface area (Å²) in [6.07, 6.45) is 1.30. The molecule has 8 heavy (non-hydrogen) atoms. The molecule has 1 saturated heterocycles. The third-order valence-electron chi connectivity index (χ3n) is 0.985. The molecule has 4 heteroatoms. The zero-order valence-electron chi connectivity index (χ0n) is 4.92. The van der Waals surface area contributed by atoms with Crippen LogP contribution >= 0.6 is 12.2 Å². The van der Waals surface area contributed by atoms with Crippen LogP contribution in [0.15, 0.2) is 0 Å². The van der Waals surface area contributed by atoms with Gasteiger partial charge in [-0.25, -0.2) is 0 Å². The van der Waals surface area contributed by atoms with Gasteiger partial charge in [0.2, 0.25) is 0 Å². The Morgan fingerprint density at radius 3 is 1.88 bits per heavy atom. The molecule has 0 aromatic rings. The van der Waals surface area contributed by atoms with E-state index in [1.807, 2.05) is 4.90 Å². The van der Waals surface area contributed by atoms with Crippen molar-refractivity contribution in [1.29, 1.82) is 0 Å². The molecule has 0 amide bonds. The van der Waals surface area contributed by atoms with E-state index in [1.165, 1.54) is 6.42 Å². The first-order valence-corrected chi connectivity index (χ1v) is 2.47. The van der Waals surface area contributed by atoms with Crippen LogP contribution in [0.3, 0.4) is 0 Å². The van der Waals surface area contributed by atoms with Crippen molar-refractivity contribution >= 4 is 31.2 Å². The molecule has 0 aromatic heterocycles. The molecule has 0 spiro atoms. The molecule has 1 rings (SSSR count). The average molecular weight is 156 g/mol. The Kier molecular flexibility index (Phi) is 9.52. The fraction of sp³-hybridized carbons (Fsp3) is 0.750. The van der Waals surface area contributed by atoms with Gasteiger partial charge in [0.05, 0.1) is 0 Å². The van der Waals surface area contributed by atoms with Crippen LogP contribution < -0.4 is 29.6 Å². The fourth-order valence-corrected chi connectivity index (χ4v) is 0.590. The third-order valence-corrected chi connectivity index (χ3v) is 1.24. The van der Waals surface area contributed by atoms with E-state index in [2.05, 4.69) is 17.7 Å². The summed E-state index contributed by atoms with van der Waals surface area (Å²) in [6, 6.07) is 0. The second-order valence-corrected chi connectivity index (χ2v) is 1.61. The molecule has 0 bridgehead atoms. The number of hydrogen-bond donors (Lipinski definition) is 0. The van der Waals surface area contributed by atoms with Gasteiger partial charge in [0.25, 0.3) is 0 Å². The second kappa shape index (κ2) is 6.36. The molecule has 0 saturated carbocycles. The standard InChI is InChI=1S/C4H6NS.Na.H2S/c6-4-5-2-1-3-5;;/h1-3H2;;1H2/q-1;+1;/p-1. The Morgan fingerprint density at radius 1 is 1.38 bits per heavy atom. The van der Waals surface area contributed by atoms with Crippen LogP contribution in [-0.4, -0.2) is 23.5 Å². The molecule has 0 radical (unpaired) electrons. The minimum atomic E-state index is 0. The Morgan fingerprint density at radius 2 is 1.88 bits per heavy atom. The van der Waals surface area contributed by atoms with Crippen LogP contribution in [0.5, 0.6) is 0 Å². The van der Waals surface area contributed by atoms with Crippen molar-refractivity contribution in [3.63, 3.8) is 0 Å². The Hall–Kier alpha value is 1.24. The van der Waals surface area contributed by atoms with Crippen molar-refractivity contribution in [1.82, 2.24) is 4.90 Å². The van der Waals surface area contributed by atoms with Crippen molar-refractivity contribution in [3.8, 4) is 0 Å². The summed E-state index contributed by atoms with van der Waals surface area (Å²) in [6.45, 7) is 2.26. The Labute approximate surface area is 84.6 Å².